The molecule has 2 rings (SSSR count). The second-order valence-electron chi connectivity index (χ2n) is 4.36. The molecule has 5 heteroatoms. The maximum atomic E-state index is 12.7. The largest absolute Gasteiger partial charge is 0.272 e. The lowest BCUT2D eigenvalue weighted by atomic mass is 10.2. The van der Waals surface area contributed by atoms with Crippen LogP contribution in [0, 0.1) is 5.82 Å². The lowest BCUT2D eigenvalue weighted by Crippen LogP contribution is -2.26. The molecule has 0 aromatic heterocycles. The first kappa shape index (κ1) is 15.3. The van der Waals surface area contributed by atoms with E-state index < -0.39 is 0 Å². The number of nitrogens with zero attached hydrogens (tertiary/aromatic N) is 1. The van der Waals surface area contributed by atoms with E-state index in [-0.39, 0.29) is 17.0 Å². The first-order chi connectivity index (χ1) is 10.1. The van der Waals surface area contributed by atoms with Crippen molar-refractivity contribution in [2.24, 2.45) is 5.10 Å². The molecule has 0 aliphatic carbocycles. The quantitative estimate of drug-likeness (QED) is 0.522. The van der Waals surface area contributed by atoms with Crippen molar-refractivity contribution < 1.29 is 9.18 Å². The van der Waals surface area contributed by atoms with Crippen LogP contribution in [0.4, 0.5) is 4.39 Å². The Hall–Kier alpha value is -2.14. The van der Waals surface area contributed by atoms with Gasteiger partial charge < -0.3 is 0 Å². The molecular formula is C16H15FN2OS. The molecule has 0 bridgehead atoms. The normalized spacial score (nSPS) is 12.3. The molecule has 1 unspecified atom stereocenters. The molecule has 0 heterocycles. The zero-order valence-corrected chi connectivity index (χ0v) is 12.3. The average Bonchev–Trinajstić information content (AvgIpc) is 2.50. The van der Waals surface area contributed by atoms with E-state index in [0.29, 0.717) is 0 Å². The van der Waals surface area contributed by atoms with Gasteiger partial charge in [0, 0.05) is 4.90 Å². The molecular weight excluding hydrogens is 287 g/mol. The van der Waals surface area contributed by atoms with Gasteiger partial charge in [0.05, 0.1) is 11.5 Å². The van der Waals surface area contributed by atoms with E-state index in [1.54, 1.807) is 12.1 Å². The van der Waals surface area contributed by atoms with E-state index in [1.807, 2.05) is 37.3 Å². The van der Waals surface area contributed by atoms with Crippen LogP contribution in [0.15, 0.2) is 64.6 Å². The summed E-state index contributed by atoms with van der Waals surface area (Å²) >= 11 is 1.46. The molecule has 21 heavy (non-hydrogen) atoms. The van der Waals surface area contributed by atoms with E-state index >= 15 is 0 Å². The van der Waals surface area contributed by atoms with Crippen molar-refractivity contribution in [3.05, 3.63) is 66.0 Å². The summed E-state index contributed by atoms with van der Waals surface area (Å²) in [5.74, 6) is -0.480. The number of halogens is 1. The number of amides is 1. The number of nitrogens with one attached hydrogen (secondary N) is 1. The lowest BCUT2D eigenvalue weighted by Gasteiger charge is -2.08. The van der Waals surface area contributed by atoms with Crippen molar-refractivity contribution in [2.45, 2.75) is 17.1 Å². The Balaban J connectivity index is 1.85. The highest BCUT2D eigenvalue weighted by molar-refractivity contribution is 8.00. The van der Waals surface area contributed by atoms with Gasteiger partial charge in [-0.2, -0.15) is 5.10 Å². The fraction of sp³-hybridized carbons (Fsp3) is 0.125. The Morgan fingerprint density at radius 1 is 1.19 bits per heavy atom. The topological polar surface area (TPSA) is 41.5 Å². The molecule has 3 nitrogen and oxygen atoms in total. The summed E-state index contributed by atoms with van der Waals surface area (Å²) < 4.78 is 12.7. The molecule has 0 aliphatic heterocycles. The van der Waals surface area contributed by atoms with E-state index in [9.17, 15) is 9.18 Å². The molecule has 1 N–H and O–H groups in total. The highest BCUT2D eigenvalue weighted by Crippen LogP contribution is 2.22. The molecule has 2 aromatic carbocycles. The summed E-state index contributed by atoms with van der Waals surface area (Å²) in [5.41, 5.74) is 3.20. The standard InChI is InChI=1S/C16H15FN2OS/c1-12(21-15-5-3-2-4-6-15)16(20)19-18-11-13-7-9-14(17)10-8-13/h2-12H,1H3,(H,19,20)/b18-11+. The van der Waals surface area contributed by atoms with E-state index in [0.717, 1.165) is 10.5 Å². The molecule has 0 fully saturated rings. The van der Waals surface area contributed by atoms with Gasteiger partial charge in [0.2, 0.25) is 0 Å². The van der Waals surface area contributed by atoms with Gasteiger partial charge in [0.1, 0.15) is 5.82 Å². The summed E-state index contributed by atoms with van der Waals surface area (Å²) in [6.45, 7) is 1.82. The molecule has 0 aliphatic rings. The molecule has 1 atom stereocenters. The zero-order valence-electron chi connectivity index (χ0n) is 11.5. The third-order valence-corrected chi connectivity index (χ3v) is 3.80. The zero-order chi connectivity index (χ0) is 15.1. The number of carbonyl (C=O) groups excluding carboxylic acids is 1. The smallest absolute Gasteiger partial charge is 0.253 e. The molecule has 108 valence electrons. The Morgan fingerprint density at radius 3 is 2.52 bits per heavy atom. The SMILES string of the molecule is CC(Sc1ccccc1)C(=O)N/N=C/c1ccc(F)cc1. The summed E-state index contributed by atoms with van der Waals surface area (Å²) in [5, 5.41) is 3.62. The molecule has 0 radical (unpaired) electrons. The van der Waals surface area contributed by atoms with Gasteiger partial charge in [0.25, 0.3) is 5.91 Å². The third kappa shape index (κ3) is 5.04. The maximum Gasteiger partial charge on any atom is 0.253 e. The first-order valence-corrected chi connectivity index (χ1v) is 7.33. The van der Waals surface area contributed by atoms with Gasteiger partial charge in [-0.05, 0) is 36.8 Å². The second-order valence-corrected chi connectivity index (χ2v) is 5.77. The van der Waals surface area contributed by atoms with Crippen molar-refractivity contribution >= 4 is 23.9 Å². The molecule has 0 spiro atoms. The second kappa shape index (κ2) is 7.59. The Kier molecular flexibility index (Phi) is 5.51. The van der Waals surface area contributed by atoms with Crippen LogP contribution in [0.25, 0.3) is 0 Å². The van der Waals surface area contributed by atoms with E-state index in [4.69, 9.17) is 0 Å². The number of benzene rings is 2. The highest BCUT2D eigenvalue weighted by Gasteiger charge is 2.13. The monoisotopic (exact) mass is 302 g/mol. The van der Waals surface area contributed by atoms with Crippen LogP contribution in [-0.2, 0) is 4.79 Å². The Morgan fingerprint density at radius 2 is 1.86 bits per heavy atom. The average molecular weight is 302 g/mol. The summed E-state index contributed by atoms with van der Waals surface area (Å²) in [6.07, 6.45) is 1.48. The van der Waals surface area contributed by atoms with Crippen LogP contribution in [0.1, 0.15) is 12.5 Å². The summed E-state index contributed by atoms with van der Waals surface area (Å²) in [6, 6.07) is 15.6. The minimum Gasteiger partial charge on any atom is -0.272 e. The van der Waals surface area contributed by atoms with Crippen LogP contribution in [0.2, 0.25) is 0 Å². The Labute approximate surface area is 127 Å². The van der Waals surface area contributed by atoms with Crippen LogP contribution in [0.5, 0.6) is 0 Å². The fourth-order valence-electron chi connectivity index (χ4n) is 1.57. The molecule has 1 amide bonds. The van der Waals surface area contributed by atoms with Crippen molar-refractivity contribution in [2.75, 3.05) is 0 Å². The van der Waals surface area contributed by atoms with Gasteiger partial charge >= 0.3 is 0 Å². The molecule has 0 saturated heterocycles. The maximum absolute atomic E-state index is 12.7. The van der Waals surface area contributed by atoms with Crippen molar-refractivity contribution in [3.8, 4) is 0 Å². The van der Waals surface area contributed by atoms with Crippen molar-refractivity contribution in [3.63, 3.8) is 0 Å². The van der Waals surface area contributed by atoms with E-state index in [2.05, 4.69) is 10.5 Å². The number of hydrogen-bond donors (Lipinski definition) is 1. The number of hydrogen-bond acceptors (Lipinski definition) is 3. The Bertz CT molecular complexity index is 614. The number of carbonyl (C=O) groups is 1. The van der Waals surface area contributed by atoms with Gasteiger partial charge in [-0.3, -0.25) is 4.79 Å². The third-order valence-electron chi connectivity index (χ3n) is 2.68. The number of hydrazone groups is 1. The fourth-order valence-corrected chi connectivity index (χ4v) is 2.45. The predicted octanol–water partition coefficient (Wildman–Crippen LogP) is 3.46. The van der Waals surface area contributed by atoms with Crippen molar-refractivity contribution in [1.82, 2.24) is 5.43 Å². The van der Waals surface area contributed by atoms with Gasteiger partial charge in [0.15, 0.2) is 0 Å². The van der Waals surface area contributed by atoms with Crippen LogP contribution < -0.4 is 5.43 Å². The van der Waals surface area contributed by atoms with Gasteiger partial charge in [-0.15, -0.1) is 11.8 Å². The molecule has 0 saturated carbocycles. The highest BCUT2D eigenvalue weighted by atomic mass is 32.2. The van der Waals surface area contributed by atoms with Gasteiger partial charge in [-0.25, -0.2) is 9.82 Å². The minimum absolute atomic E-state index is 0.179. The lowest BCUT2D eigenvalue weighted by molar-refractivity contribution is -0.120. The summed E-state index contributed by atoms with van der Waals surface area (Å²) in [7, 11) is 0. The van der Waals surface area contributed by atoms with Crippen LogP contribution in [0.3, 0.4) is 0 Å². The van der Waals surface area contributed by atoms with Crippen LogP contribution >= 0.6 is 11.8 Å². The molecule has 2 aromatic rings. The van der Waals surface area contributed by atoms with Gasteiger partial charge in [-0.1, -0.05) is 30.3 Å². The number of rotatable bonds is 5. The van der Waals surface area contributed by atoms with E-state index in [1.165, 1.54) is 30.1 Å². The number of thioether (sulfide) groups is 1. The van der Waals surface area contributed by atoms with Crippen molar-refractivity contribution in [1.29, 1.82) is 0 Å². The first-order valence-electron chi connectivity index (χ1n) is 6.45. The predicted molar refractivity (Wildman–Crippen MR) is 83.9 cm³/mol. The minimum atomic E-state index is -0.302. The summed E-state index contributed by atoms with van der Waals surface area (Å²) in [4.78, 5) is 12.9. The van der Waals surface area contributed by atoms with Crippen LogP contribution in [-0.4, -0.2) is 17.4 Å².